The fraction of sp³-hybridized carbons (Fsp3) is 0.375. The van der Waals surface area contributed by atoms with E-state index in [9.17, 15) is 9.18 Å². The average molecular weight is 430 g/mol. The van der Waals surface area contributed by atoms with Crippen LogP contribution < -0.4 is 4.74 Å². The summed E-state index contributed by atoms with van der Waals surface area (Å²) >= 11 is 6.66. The van der Waals surface area contributed by atoms with Gasteiger partial charge in [0.15, 0.2) is 0 Å². The Morgan fingerprint density at radius 3 is 2.67 bits per heavy atom. The SMILES string of the molecule is O=C(O)C1CN(CC2=C(Cl)c3ccc(OCCCc4ccc(F)cc4)cc3CC2)C1. The Hall–Kier alpha value is -2.37. The Morgan fingerprint density at radius 2 is 1.93 bits per heavy atom. The lowest BCUT2D eigenvalue weighted by atomic mass is 9.90. The third-order valence-electron chi connectivity index (χ3n) is 5.83. The maximum absolute atomic E-state index is 13.0. The molecule has 0 bridgehead atoms. The molecule has 4 nitrogen and oxygen atoms in total. The van der Waals surface area contributed by atoms with Crippen LogP contribution in [0.3, 0.4) is 0 Å². The highest BCUT2D eigenvalue weighted by atomic mass is 35.5. The zero-order valence-electron chi connectivity index (χ0n) is 16.7. The minimum atomic E-state index is -0.717. The first-order chi connectivity index (χ1) is 14.5. The van der Waals surface area contributed by atoms with Gasteiger partial charge in [-0.15, -0.1) is 0 Å². The second-order valence-corrected chi connectivity index (χ2v) is 8.42. The first-order valence-corrected chi connectivity index (χ1v) is 10.7. The van der Waals surface area contributed by atoms with E-state index < -0.39 is 5.97 Å². The number of aliphatic carboxylic acids is 1. The van der Waals surface area contributed by atoms with Gasteiger partial charge in [-0.1, -0.05) is 23.7 Å². The quantitative estimate of drug-likeness (QED) is 0.615. The predicted octanol–water partition coefficient (Wildman–Crippen LogP) is 4.75. The van der Waals surface area contributed by atoms with Crippen molar-refractivity contribution in [3.05, 3.63) is 70.5 Å². The smallest absolute Gasteiger partial charge is 0.309 e. The standard InChI is InChI=1S/C24H25ClFNO3/c25-23-18(13-27-14-19(15-27)24(28)29)6-5-17-12-21(9-10-22(17)23)30-11-1-2-16-3-7-20(26)8-4-16/h3-4,7-10,12,19H,1-2,5-6,11,13-15H2,(H,28,29). The van der Waals surface area contributed by atoms with E-state index in [0.717, 1.165) is 54.1 Å². The van der Waals surface area contributed by atoms with Crippen molar-refractivity contribution >= 4 is 22.6 Å². The average Bonchev–Trinajstić information content (AvgIpc) is 2.70. The van der Waals surface area contributed by atoms with Crippen molar-refractivity contribution in [2.75, 3.05) is 26.2 Å². The maximum atomic E-state index is 13.0. The van der Waals surface area contributed by atoms with Crippen LogP contribution in [0.5, 0.6) is 5.75 Å². The number of hydrogen-bond donors (Lipinski definition) is 1. The fourth-order valence-electron chi connectivity index (χ4n) is 4.06. The number of nitrogens with zero attached hydrogens (tertiary/aromatic N) is 1. The van der Waals surface area contributed by atoms with Crippen LogP contribution in [0.2, 0.25) is 0 Å². The number of aryl methyl sites for hydroxylation is 2. The monoisotopic (exact) mass is 429 g/mol. The molecule has 0 atom stereocenters. The lowest BCUT2D eigenvalue weighted by Crippen LogP contribution is -2.50. The van der Waals surface area contributed by atoms with Crippen LogP contribution in [0, 0.1) is 11.7 Å². The van der Waals surface area contributed by atoms with E-state index in [4.69, 9.17) is 21.4 Å². The molecule has 30 heavy (non-hydrogen) atoms. The van der Waals surface area contributed by atoms with Crippen molar-refractivity contribution in [2.45, 2.75) is 25.7 Å². The van der Waals surface area contributed by atoms with E-state index in [1.54, 1.807) is 0 Å². The van der Waals surface area contributed by atoms with Gasteiger partial charge in [0, 0.05) is 24.7 Å². The molecule has 1 N–H and O–H groups in total. The zero-order valence-corrected chi connectivity index (χ0v) is 17.5. The van der Waals surface area contributed by atoms with Crippen molar-refractivity contribution in [3.63, 3.8) is 0 Å². The number of halogens is 2. The summed E-state index contributed by atoms with van der Waals surface area (Å²) in [6.07, 6.45) is 3.50. The molecule has 2 aromatic rings. The second-order valence-electron chi connectivity index (χ2n) is 8.04. The van der Waals surface area contributed by atoms with Crippen molar-refractivity contribution in [1.82, 2.24) is 4.90 Å². The maximum Gasteiger partial charge on any atom is 0.309 e. The van der Waals surface area contributed by atoms with Gasteiger partial charge in [0.2, 0.25) is 0 Å². The highest BCUT2D eigenvalue weighted by Gasteiger charge is 2.33. The first kappa shape index (κ1) is 20.9. The Bertz CT molecular complexity index is 951. The molecular weight excluding hydrogens is 405 g/mol. The summed E-state index contributed by atoms with van der Waals surface area (Å²) in [5.74, 6) is -0.337. The van der Waals surface area contributed by atoms with E-state index in [1.807, 2.05) is 24.3 Å². The number of rotatable bonds is 8. The van der Waals surface area contributed by atoms with Gasteiger partial charge in [0.25, 0.3) is 0 Å². The van der Waals surface area contributed by atoms with Gasteiger partial charge in [-0.05, 0) is 78.3 Å². The van der Waals surface area contributed by atoms with Crippen LogP contribution in [-0.2, 0) is 17.6 Å². The number of likely N-dealkylation sites (tertiary alicyclic amines) is 1. The molecule has 1 aliphatic heterocycles. The number of benzene rings is 2. The van der Waals surface area contributed by atoms with Crippen LogP contribution in [0.4, 0.5) is 4.39 Å². The summed E-state index contributed by atoms with van der Waals surface area (Å²) in [5, 5.41) is 9.81. The van der Waals surface area contributed by atoms with Gasteiger partial charge in [-0.2, -0.15) is 0 Å². The van der Waals surface area contributed by atoms with Crippen LogP contribution >= 0.6 is 11.6 Å². The lowest BCUT2D eigenvalue weighted by Gasteiger charge is -2.38. The fourth-order valence-corrected chi connectivity index (χ4v) is 4.40. The van der Waals surface area contributed by atoms with E-state index >= 15 is 0 Å². The van der Waals surface area contributed by atoms with E-state index in [0.29, 0.717) is 19.7 Å². The Kier molecular flexibility index (Phi) is 6.40. The van der Waals surface area contributed by atoms with Crippen LogP contribution in [0.25, 0.3) is 5.03 Å². The molecule has 0 unspecified atom stereocenters. The van der Waals surface area contributed by atoms with Gasteiger partial charge in [-0.25, -0.2) is 4.39 Å². The molecule has 1 fully saturated rings. The van der Waals surface area contributed by atoms with Crippen molar-refractivity contribution < 1.29 is 19.0 Å². The molecule has 158 valence electrons. The second kappa shape index (κ2) is 9.19. The minimum absolute atomic E-state index is 0.214. The summed E-state index contributed by atoms with van der Waals surface area (Å²) in [6.45, 7) is 2.54. The first-order valence-electron chi connectivity index (χ1n) is 10.3. The summed E-state index contributed by atoms with van der Waals surface area (Å²) in [4.78, 5) is 13.1. The molecule has 2 aromatic carbocycles. The Labute approximate surface area is 180 Å². The molecule has 0 amide bonds. The summed E-state index contributed by atoms with van der Waals surface area (Å²) in [5.41, 5.74) is 4.52. The zero-order chi connectivity index (χ0) is 21.1. The molecule has 2 aliphatic rings. The normalized spacial score (nSPS) is 16.9. The van der Waals surface area contributed by atoms with Crippen LogP contribution in [-0.4, -0.2) is 42.2 Å². The van der Waals surface area contributed by atoms with E-state index in [2.05, 4.69) is 11.0 Å². The number of hydrogen-bond acceptors (Lipinski definition) is 3. The highest BCUT2D eigenvalue weighted by molar-refractivity contribution is 6.49. The van der Waals surface area contributed by atoms with Gasteiger partial charge >= 0.3 is 5.97 Å². The third kappa shape index (κ3) is 4.85. The molecule has 0 radical (unpaired) electrons. The lowest BCUT2D eigenvalue weighted by molar-refractivity contribution is -0.147. The van der Waals surface area contributed by atoms with Gasteiger partial charge in [-0.3, -0.25) is 9.69 Å². The van der Waals surface area contributed by atoms with Gasteiger partial charge in [0.05, 0.1) is 12.5 Å². The summed E-state index contributed by atoms with van der Waals surface area (Å²) < 4.78 is 18.9. The van der Waals surface area contributed by atoms with Gasteiger partial charge in [0.1, 0.15) is 11.6 Å². The molecule has 1 aliphatic carbocycles. The van der Waals surface area contributed by atoms with Gasteiger partial charge < -0.3 is 9.84 Å². The Balaban J connectivity index is 1.30. The number of carbonyl (C=O) groups is 1. The highest BCUT2D eigenvalue weighted by Crippen LogP contribution is 2.37. The predicted molar refractivity (Wildman–Crippen MR) is 115 cm³/mol. The largest absolute Gasteiger partial charge is 0.494 e. The minimum Gasteiger partial charge on any atom is -0.494 e. The molecule has 4 rings (SSSR count). The number of ether oxygens (including phenoxy) is 1. The summed E-state index contributed by atoms with van der Waals surface area (Å²) in [6, 6.07) is 12.6. The molecule has 0 saturated carbocycles. The Morgan fingerprint density at radius 1 is 1.17 bits per heavy atom. The summed E-state index contributed by atoms with van der Waals surface area (Å²) in [7, 11) is 0. The molecule has 0 aromatic heterocycles. The molecule has 6 heteroatoms. The number of fused-ring (bicyclic) bond motifs is 1. The van der Waals surface area contributed by atoms with Crippen LogP contribution in [0.1, 0.15) is 29.5 Å². The van der Waals surface area contributed by atoms with Crippen molar-refractivity contribution in [3.8, 4) is 5.75 Å². The van der Waals surface area contributed by atoms with E-state index in [1.165, 1.54) is 23.3 Å². The third-order valence-corrected chi connectivity index (χ3v) is 6.30. The van der Waals surface area contributed by atoms with E-state index in [-0.39, 0.29) is 11.7 Å². The topological polar surface area (TPSA) is 49.8 Å². The van der Waals surface area contributed by atoms with Crippen molar-refractivity contribution in [1.29, 1.82) is 0 Å². The molecule has 1 heterocycles. The number of carboxylic acids is 1. The van der Waals surface area contributed by atoms with Crippen LogP contribution in [0.15, 0.2) is 48.0 Å². The molecule has 0 spiro atoms. The number of carboxylic acid groups (broad SMARTS) is 1. The van der Waals surface area contributed by atoms with Crippen molar-refractivity contribution in [2.24, 2.45) is 5.92 Å². The molecular formula is C24H25ClFNO3. The molecule has 1 saturated heterocycles.